The van der Waals surface area contributed by atoms with Crippen molar-refractivity contribution >= 4 is 29.2 Å². The summed E-state index contributed by atoms with van der Waals surface area (Å²) in [6.07, 6.45) is -8.64. The molecule has 14 heteroatoms. The number of H-pyrrole nitrogens is 1. The minimum absolute atomic E-state index is 0.0427. The molecular formula is C17H13ClF6N6O. The minimum atomic E-state index is -5.04. The predicted molar refractivity (Wildman–Crippen MR) is 97.0 cm³/mol. The number of rotatable bonds is 2. The van der Waals surface area contributed by atoms with Gasteiger partial charge in [0.2, 0.25) is 5.84 Å². The van der Waals surface area contributed by atoms with Crippen molar-refractivity contribution in [2.75, 3.05) is 13.1 Å². The van der Waals surface area contributed by atoms with Gasteiger partial charge in [-0.15, -0.1) is 0 Å². The summed E-state index contributed by atoms with van der Waals surface area (Å²) in [7, 11) is 0. The van der Waals surface area contributed by atoms with Crippen molar-refractivity contribution in [2.45, 2.75) is 18.4 Å². The maximum atomic E-state index is 13.2. The third-order valence-electron chi connectivity index (χ3n) is 4.58. The lowest BCUT2D eigenvalue weighted by molar-refractivity contribution is -0.137. The average Bonchev–Trinajstić information content (AvgIpc) is 3.19. The van der Waals surface area contributed by atoms with E-state index in [2.05, 4.69) is 10.2 Å². The molecule has 1 aliphatic rings. The highest BCUT2D eigenvalue weighted by Crippen LogP contribution is 2.38. The Hall–Kier alpha value is -3.09. The average molecular weight is 467 g/mol. The van der Waals surface area contributed by atoms with Gasteiger partial charge in [-0.3, -0.25) is 20.7 Å². The van der Waals surface area contributed by atoms with Gasteiger partial charge in [-0.25, -0.2) is 0 Å². The number of nitrogens with zero attached hydrogens (tertiary/aromatic N) is 3. The van der Waals surface area contributed by atoms with Crippen LogP contribution in [0, 0.1) is 10.8 Å². The number of aromatic amines is 1. The van der Waals surface area contributed by atoms with Crippen LogP contribution in [0.15, 0.2) is 30.5 Å². The smallest absolute Gasteiger partial charge is 0.321 e. The Morgan fingerprint density at radius 3 is 2.39 bits per heavy atom. The van der Waals surface area contributed by atoms with Gasteiger partial charge in [-0.05, 0) is 18.2 Å². The van der Waals surface area contributed by atoms with Crippen LogP contribution >= 0.6 is 11.6 Å². The monoisotopic (exact) mass is 466 g/mol. The molecule has 1 amide bonds. The number of carbonyl (C=O) groups excluding carboxylic acids is 1. The zero-order valence-electron chi connectivity index (χ0n) is 15.3. The van der Waals surface area contributed by atoms with E-state index in [-0.39, 0.29) is 5.69 Å². The van der Waals surface area contributed by atoms with Crippen molar-refractivity contribution in [1.29, 1.82) is 10.8 Å². The van der Waals surface area contributed by atoms with Crippen LogP contribution in [0.1, 0.15) is 27.7 Å². The molecule has 1 saturated heterocycles. The molecule has 3 rings (SSSR count). The Morgan fingerprint density at radius 1 is 1.16 bits per heavy atom. The first-order valence-corrected chi connectivity index (χ1v) is 8.89. The Balaban J connectivity index is 2.02. The molecule has 1 unspecified atom stereocenters. The summed E-state index contributed by atoms with van der Waals surface area (Å²) >= 11 is 5.82. The minimum Gasteiger partial charge on any atom is -0.321 e. The van der Waals surface area contributed by atoms with Gasteiger partial charge in [0.05, 0.1) is 21.8 Å². The van der Waals surface area contributed by atoms with Crippen LogP contribution in [0.5, 0.6) is 0 Å². The molecule has 1 aromatic carbocycles. The number of piperazine rings is 1. The lowest BCUT2D eigenvalue weighted by atomic mass is 10.0. The number of hydrogen-bond acceptors (Lipinski definition) is 4. The first-order chi connectivity index (χ1) is 14.3. The molecule has 0 bridgehead atoms. The highest BCUT2D eigenvalue weighted by atomic mass is 35.5. The summed E-state index contributed by atoms with van der Waals surface area (Å²) < 4.78 is 78.5. The molecular weight excluding hydrogens is 454 g/mol. The van der Waals surface area contributed by atoms with E-state index in [1.54, 1.807) is 0 Å². The van der Waals surface area contributed by atoms with Gasteiger partial charge in [0.1, 0.15) is 11.9 Å². The molecule has 7 nitrogen and oxygen atoms in total. The molecule has 0 saturated carbocycles. The number of benzene rings is 1. The van der Waals surface area contributed by atoms with Crippen LogP contribution in [0.25, 0.3) is 0 Å². The molecule has 1 aliphatic heterocycles. The van der Waals surface area contributed by atoms with Gasteiger partial charge in [-0.1, -0.05) is 17.7 Å². The Morgan fingerprint density at radius 2 is 1.84 bits per heavy atom. The van der Waals surface area contributed by atoms with E-state index in [4.69, 9.17) is 22.4 Å². The van der Waals surface area contributed by atoms with Gasteiger partial charge in [0.25, 0.3) is 5.91 Å². The maximum Gasteiger partial charge on any atom is 0.449 e. The molecule has 31 heavy (non-hydrogen) atoms. The Bertz CT molecular complexity index is 1020. The topological polar surface area (TPSA) is 99.9 Å². The number of hydrogen-bond donors (Lipinski definition) is 3. The summed E-state index contributed by atoms with van der Waals surface area (Å²) in [5.74, 6) is -3.58. The number of carbonyl (C=O) groups is 1. The molecule has 2 aromatic rings. The SMILES string of the molecule is N=C1C(c2ccn[nH]2)N(C(=O)c2cccc(C(F)(F)F)c2Cl)CCN1C(=N)C(F)(F)F. The second-order valence-corrected chi connectivity index (χ2v) is 6.84. The van der Waals surface area contributed by atoms with Gasteiger partial charge >= 0.3 is 12.4 Å². The predicted octanol–water partition coefficient (Wildman–Crippen LogP) is 4.10. The van der Waals surface area contributed by atoms with Crippen molar-refractivity contribution in [3.8, 4) is 0 Å². The molecule has 2 heterocycles. The van der Waals surface area contributed by atoms with Crippen molar-refractivity contribution < 1.29 is 31.1 Å². The van der Waals surface area contributed by atoms with Crippen molar-refractivity contribution in [3.05, 3.63) is 52.3 Å². The quantitative estimate of drug-likeness (QED) is 0.353. The van der Waals surface area contributed by atoms with E-state index in [9.17, 15) is 31.1 Å². The number of amides is 1. The summed E-state index contributed by atoms with van der Waals surface area (Å²) in [6.45, 7) is -0.986. The van der Waals surface area contributed by atoms with Crippen LogP contribution in [0.2, 0.25) is 5.02 Å². The normalized spacial score (nSPS) is 17.8. The fourth-order valence-corrected chi connectivity index (χ4v) is 3.48. The zero-order chi connectivity index (χ0) is 23.1. The molecule has 1 atom stereocenters. The van der Waals surface area contributed by atoms with E-state index in [1.165, 1.54) is 12.3 Å². The molecule has 0 aliphatic carbocycles. The van der Waals surface area contributed by atoms with Crippen molar-refractivity contribution in [1.82, 2.24) is 20.0 Å². The molecule has 166 valence electrons. The van der Waals surface area contributed by atoms with Crippen LogP contribution in [-0.2, 0) is 6.18 Å². The van der Waals surface area contributed by atoms with Crippen LogP contribution in [0.3, 0.4) is 0 Å². The number of amidine groups is 2. The number of halogens is 7. The molecule has 0 spiro atoms. The van der Waals surface area contributed by atoms with E-state index >= 15 is 0 Å². The second-order valence-electron chi connectivity index (χ2n) is 6.46. The van der Waals surface area contributed by atoms with Gasteiger partial charge in [-0.2, -0.15) is 31.4 Å². The van der Waals surface area contributed by atoms with Gasteiger partial charge in [0, 0.05) is 19.3 Å². The van der Waals surface area contributed by atoms with E-state index in [0.29, 0.717) is 11.0 Å². The standard InChI is InChI=1S/C17H13ClF6N6O/c18-11-8(2-1-3-9(11)16(19,20)21)14(31)29-6-7-30(15(26)17(22,23)24)13(25)12(29)10-4-5-27-28-10/h1-5,12,25-26H,6-7H2,(H,27,28). The molecule has 3 N–H and O–H groups in total. The van der Waals surface area contributed by atoms with E-state index in [0.717, 1.165) is 17.0 Å². The van der Waals surface area contributed by atoms with Crippen molar-refractivity contribution in [3.63, 3.8) is 0 Å². The highest BCUT2D eigenvalue weighted by molar-refractivity contribution is 6.34. The van der Waals surface area contributed by atoms with Gasteiger partial charge in [0.15, 0.2) is 0 Å². The third-order valence-corrected chi connectivity index (χ3v) is 4.98. The first-order valence-electron chi connectivity index (χ1n) is 8.51. The molecule has 1 aromatic heterocycles. The number of alkyl halides is 6. The number of aromatic nitrogens is 2. The fraction of sp³-hybridized carbons (Fsp3) is 0.294. The lowest BCUT2D eigenvalue weighted by Crippen LogP contribution is -2.58. The first kappa shape index (κ1) is 22.6. The van der Waals surface area contributed by atoms with Crippen LogP contribution in [-0.4, -0.2) is 56.8 Å². The van der Waals surface area contributed by atoms with Crippen LogP contribution < -0.4 is 0 Å². The number of nitrogens with one attached hydrogen (secondary N) is 3. The summed E-state index contributed by atoms with van der Waals surface area (Å²) in [5.41, 5.74) is -1.72. The Labute approximate surface area is 175 Å². The van der Waals surface area contributed by atoms with Crippen molar-refractivity contribution in [2.24, 2.45) is 0 Å². The lowest BCUT2D eigenvalue weighted by Gasteiger charge is -2.42. The highest BCUT2D eigenvalue weighted by Gasteiger charge is 2.46. The van der Waals surface area contributed by atoms with E-state index in [1.807, 2.05) is 0 Å². The zero-order valence-corrected chi connectivity index (χ0v) is 16.0. The second kappa shape index (κ2) is 7.87. The summed E-state index contributed by atoms with van der Waals surface area (Å²) in [6, 6.07) is 2.56. The largest absolute Gasteiger partial charge is 0.449 e. The molecule has 1 fully saturated rings. The fourth-order valence-electron chi connectivity index (χ4n) is 3.16. The summed E-state index contributed by atoms with van der Waals surface area (Å²) in [5, 5.41) is 20.8. The maximum absolute atomic E-state index is 13.2. The van der Waals surface area contributed by atoms with Gasteiger partial charge < -0.3 is 9.80 Å². The van der Waals surface area contributed by atoms with Crippen LogP contribution in [0.4, 0.5) is 26.3 Å². The Kier molecular flexibility index (Phi) is 5.74. The third kappa shape index (κ3) is 4.22. The summed E-state index contributed by atoms with van der Waals surface area (Å²) in [4.78, 5) is 14.4. The molecule has 0 radical (unpaired) electrons. The van der Waals surface area contributed by atoms with E-state index < -0.39 is 65.2 Å².